The van der Waals surface area contributed by atoms with Crippen LogP contribution in [0.25, 0.3) is 0 Å². The fourth-order valence-electron chi connectivity index (χ4n) is 2.07. The van der Waals surface area contributed by atoms with Crippen LogP contribution in [0.4, 0.5) is 0 Å². The van der Waals surface area contributed by atoms with Crippen LogP contribution in [0.2, 0.25) is 0 Å². The first-order valence-corrected chi connectivity index (χ1v) is 7.52. The second-order valence-corrected chi connectivity index (χ2v) is 5.78. The number of alkyl halides is 1. The van der Waals surface area contributed by atoms with Crippen molar-refractivity contribution in [1.29, 1.82) is 0 Å². The lowest BCUT2D eigenvalue weighted by Gasteiger charge is -2.23. The van der Waals surface area contributed by atoms with E-state index in [2.05, 4.69) is 43.4 Å². The number of allylic oxidation sites excluding steroid dienone is 1. The fourth-order valence-corrected chi connectivity index (χ4v) is 2.48. The van der Waals surface area contributed by atoms with Gasteiger partial charge >= 0.3 is 0 Å². The number of hydrogen-bond donors (Lipinski definition) is 0. The van der Waals surface area contributed by atoms with Gasteiger partial charge in [-0.15, -0.1) is 0 Å². The molecule has 1 aliphatic rings. The maximum absolute atomic E-state index is 6.04. The molecule has 1 rings (SSSR count). The summed E-state index contributed by atoms with van der Waals surface area (Å²) in [6.07, 6.45) is 1.52. The minimum absolute atomic E-state index is 0.0707. The molecule has 0 aromatic carbocycles. The predicted octanol–water partition coefficient (Wildman–Crippen LogP) is 3.93. The van der Waals surface area contributed by atoms with E-state index in [9.17, 15) is 0 Å². The molecule has 0 aromatic heterocycles. The van der Waals surface area contributed by atoms with Gasteiger partial charge in [-0.3, -0.25) is 0 Å². The second-order valence-electron chi connectivity index (χ2n) is 4.90. The van der Waals surface area contributed by atoms with Crippen LogP contribution >= 0.6 is 22.6 Å². The van der Waals surface area contributed by atoms with Crippen molar-refractivity contribution in [3.63, 3.8) is 0 Å². The number of ether oxygens (including phenoxy) is 2. The van der Waals surface area contributed by atoms with Crippen LogP contribution in [0.3, 0.4) is 0 Å². The Morgan fingerprint density at radius 1 is 1.31 bits per heavy atom. The van der Waals surface area contributed by atoms with Gasteiger partial charge in [0.25, 0.3) is 0 Å². The van der Waals surface area contributed by atoms with Gasteiger partial charge in [0.15, 0.2) is 6.29 Å². The first kappa shape index (κ1) is 14.5. The molecule has 0 radical (unpaired) electrons. The molecule has 0 heterocycles. The van der Waals surface area contributed by atoms with Crippen LogP contribution in [0.5, 0.6) is 0 Å². The van der Waals surface area contributed by atoms with Crippen molar-refractivity contribution in [3.05, 3.63) is 11.1 Å². The summed E-state index contributed by atoms with van der Waals surface area (Å²) in [5.74, 6) is 0.652. The summed E-state index contributed by atoms with van der Waals surface area (Å²) in [5, 5.41) is 0. The summed E-state index contributed by atoms with van der Waals surface area (Å²) in [5.41, 5.74) is 2.89. The molecule has 0 bridgehead atoms. The summed E-state index contributed by atoms with van der Waals surface area (Å²) < 4.78 is 12.6. The van der Waals surface area contributed by atoms with E-state index in [4.69, 9.17) is 9.47 Å². The minimum atomic E-state index is -0.0707. The van der Waals surface area contributed by atoms with Crippen LogP contribution in [0.15, 0.2) is 11.1 Å². The van der Waals surface area contributed by atoms with Gasteiger partial charge in [-0.2, -0.15) is 0 Å². The third-order valence-electron chi connectivity index (χ3n) is 3.28. The van der Waals surface area contributed by atoms with Crippen molar-refractivity contribution in [2.45, 2.75) is 59.5 Å². The summed E-state index contributed by atoms with van der Waals surface area (Å²) in [6.45, 7) is 10.8. The molecule has 1 aliphatic carbocycles. The highest BCUT2D eigenvalue weighted by molar-refractivity contribution is 14.1. The Morgan fingerprint density at radius 3 is 2.31 bits per heavy atom. The monoisotopic (exact) mass is 338 g/mol. The molecule has 3 heteroatoms. The van der Waals surface area contributed by atoms with Gasteiger partial charge in [0.1, 0.15) is 0 Å². The molecule has 0 fully saturated rings. The maximum atomic E-state index is 6.04. The van der Waals surface area contributed by atoms with E-state index in [0.29, 0.717) is 5.92 Å². The highest BCUT2D eigenvalue weighted by atomic mass is 127. The zero-order valence-corrected chi connectivity index (χ0v) is 13.1. The third kappa shape index (κ3) is 3.70. The van der Waals surface area contributed by atoms with E-state index in [-0.39, 0.29) is 18.5 Å². The molecule has 2 nitrogen and oxygen atoms in total. The van der Waals surface area contributed by atoms with Crippen LogP contribution in [0.1, 0.15) is 41.0 Å². The van der Waals surface area contributed by atoms with Gasteiger partial charge in [-0.25, -0.2) is 0 Å². The molecule has 0 amide bonds. The van der Waals surface area contributed by atoms with Crippen molar-refractivity contribution in [1.82, 2.24) is 0 Å². The zero-order valence-electron chi connectivity index (χ0n) is 10.9. The molecule has 0 saturated heterocycles. The third-order valence-corrected chi connectivity index (χ3v) is 4.00. The number of halogens is 1. The van der Waals surface area contributed by atoms with Crippen molar-refractivity contribution in [2.24, 2.45) is 5.92 Å². The molecule has 0 spiro atoms. The Hall–Kier alpha value is 0.390. The molecule has 0 aromatic rings. The highest BCUT2D eigenvalue weighted by Crippen LogP contribution is 2.34. The quantitative estimate of drug-likeness (QED) is 0.327. The molecule has 94 valence electrons. The van der Waals surface area contributed by atoms with Gasteiger partial charge in [-0.05, 0) is 45.6 Å². The Morgan fingerprint density at radius 2 is 1.94 bits per heavy atom. The molecule has 0 saturated carbocycles. The largest absolute Gasteiger partial charge is 0.349 e. The molecule has 3 atom stereocenters. The normalized spacial score (nSPS) is 27.9. The minimum Gasteiger partial charge on any atom is -0.349 e. The lowest BCUT2D eigenvalue weighted by atomic mass is 10.1. The van der Waals surface area contributed by atoms with E-state index in [0.717, 1.165) is 10.8 Å². The highest BCUT2D eigenvalue weighted by Gasteiger charge is 2.28. The topological polar surface area (TPSA) is 18.5 Å². The smallest absolute Gasteiger partial charge is 0.167 e. The van der Waals surface area contributed by atoms with E-state index in [1.54, 1.807) is 0 Å². The molecular formula is C13H23IO2. The molecule has 3 unspecified atom stereocenters. The second kappa shape index (κ2) is 6.36. The lowest BCUT2D eigenvalue weighted by Crippen LogP contribution is -2.28. The lowest BCUT2D eigenvalue weighted by molar-refractivity contribution is -0.165. The van der Waals surface area contributed by atoms with Crippen molar-refractivity contribution in [3.8, 4) is 0 Å². The van der Waals surface area contributed by atoms with E-state index < -0.39 is 0 Å². The standard InChI is InChI=1S/C13H23IO2/c1-8(2)15-13(7-14)16-12-6-9(3)10(4)11(12)5/h8-9,12-13H,6-7H2,1-5H3. The van der Waals surface area contributed by atoms with Crippen LogP contribution in [-0.2, 0) is 9.47 Å². The predicted molar refractivity (Wildman–Crippen MR) is 75.9 cm³/mol. The fraction of sp³-hybridized carbons (Fsp3) is 0.846. The summed E-state index contributed by atoms with van der Waals surface area (Å²) >= 11 is 2.32. The maximum Gasteiger partial charge on any atom is 0.167 e. The SMILES string of the molecule is CC1=C(C)C(OC(CI)OC(C)C)CC1C. The van der Waals surface area contributed by atoms with Gasteiger partial charge in [0, 0.05) is 0 Å². The van der Waals surface area contributed by atoms with E-state index in [1.807, 2.05) is 13.8 Å². The molecule has 0 aliphatic heterocycles. The molecule has 16 heavy (non-hydrogen) atoms. The Labute approximate surface area is 113 Å². The van der Waals surface area contributed by atoms with E-state index in [1.165, 1.54) is 11.1 Å². The van der Waals surface area contributed by atoms with Crippen molar-refractivity contribution < 1.29 is 9.47 Å². The van der Waals surface area contributed by atoms with Crippen molar-refractivity contribution in [2.75, 3.05) is 4.43 Å². The molecular weight excluding hydrogens is 315 g/mol. The van der Waals surface area contributed by atoms with Crippen LogP contribution in [0, 0.1) is 5.92 Å². The average molecular weight is 338 g/mol. The van der Waals surface area contributed by atoms with Crippen LogP contribution < -0.4 is 0 Å². The average Bonchev–Trinajstić information content (AvgIpc) is 2.45. The molecule has 0 N–H and O–H groups in total. The van der Waals surface area contributed by atoms with Gasteiger partial charge in [0.2, 0.25) is 0 Å². The number of hydrogen-bond acceptors (Lipinski definition) is 2. The summed E-state index contributed by atoms with van der Waals surface area (Å²) in [6, 6.07) is 0. The Bertz CT molecular complexity index is 261. The zero-order chi connectivity index (χ0) is 12.3. The number of rotatable bonds is 5. The summed E-state index contributed by atoms with van der Waals surface area (Å²) in [4.78, 5) is 0. The van der Waals surface area contributed by atoms with E-state index >= 15 is 0 Å². The first-order chi connectivity index (χ1) is 7.45. The first-order valence-electron chi connectivity index (χ1n) is 5.99. The summed E-state index contributed by atoms with van der Waals surface area (Å²) in [7, 11) is 0. The van der Waals surface area contributed by atoms with Crippen LogP contribution in [-0.4, -0.2) is 22.9 Å². The van der Waals surface area contributed by atoms with Gasteiger partial charge < -0.3 is 9.47 Å². The Kier molecular flexibility index (Phi) is 5.74. The van der Waals surface area contributed by atoms with Gasteiger partial charge in [-0.1, -0.05) is 35.1 Å². The Balaban J connectivity index is 2.54. The van der Waals surface area contributed by atoms with Gasteiger partial charge in [0.05, 0.1) is 16.6 Å². The van der Waals surface area contributed by atoms with Crippen molar-refractivity contribution >= 4 is 22.6 Å².